The molecule has 0 unspecified atom stereocenters. The van der Waals surface area contributed by atoms with Crippen LogP contribution in [0.5, 0.6) is 0 Å². The van der Waals surface area contributed by atoms with E-state index in [0.29, 0.717) is 0 Å². The van der Waals surface area contributed by atoms with Gasteiger partial charge in [0.05, 0.1) is 18.2 Å². The lowest BCUT2D eigenvalue weighted by atomic mass is 10.3. The standard InChI is InChI=1S/C8H12N2/c1-2-3-4-5-8-6-9-7-10-8/h4-7H,2-3H2,1H3,(H,9,10). The molecule has 1 heterocycles. The molecule has 1 rings (SSSR count). The van der Waals surface area contributed by atoms with Crippen LogP contribution in [0.2, 0.25) is 0 Å². The van der Waals surface area contributed by atoms with E-state index in [1.807, 2.05) is 6.20 Å². The van der Waals surface area contributed by atoms with E-state index in [-0.39, 0.29) is 0 Å². The fourth-order valence-corrected chi connectivity index (χ4v) is 0.735. The van der Waals surface area contributed by atoms with Crippen LogP contribution in [-0.2, 0) is 0 Å². The second-order valence-corrected chi connectivity index (χ2v) is 2.20. The number of hydrogen-bond donors (Lipinski definition) is 1. The topological polar surface area (TPSA) is 28.7 Å². The minimum atomic E-state index is 1.08. The number of hydrogen-bond acceptors (Lipinski definition) is 1. The molecule has 0 spiro atoms. The summed E-state index contributed by atoms with van der Waals surface area (Å²) in [7, 11) is 0. The monoisotopic (exact) mass is 136 g/mol. The first-order chi connectivity index (χ1) is 4.93. The predicted octanol–water partition coefficient (Wildman–Crippen LogP) is 2.22. The molecule has 0 fully saturated rings. The van der Waals surface area contributed by atoms with Crippen LogP contribution in [0, 0.1) is 0 Å². The summed E-state index contributed by atoms with van der Waals surface area (Å²) in [6.45, 7) is 2.16. The summed E-state index contributed by atoms with van der Waals surface area (Å²) in [6.07, 6.45) is 10.0. The molecule has 2 nitrogen and oxygen atoms in total. The third-order valence-corrected chi connectivity index (χ3v) is 1.27. The molecule has 0 aromatic carbocycles. The molecule has 1 aromatic heterocycles. The number of aromatic amines is 1. The largest absolute Gasteiger partial charge is 0.345 e. The smallest absolute Gasteiger partial charge is 0.0924 e. The first-order valence-corrected chi connectivity index (χ1v) is 3.58. The molecule has 1 aromatic rings. The Morgan fingerprint density at radius 3 is 3.20 bits per heavy atom. The fourth-order valence-electron chi connectivity index (χ4n) is 0.735. The SMILES string of the molecule is CCCC=Cc1cnc[nH]1. The number of nitrogens with one attached hydrogen (secondary N) is 1. The summed E-state index contributed by atoms with van der Waals surface area (Å²) in [5.74, 6) is 0. The Hall–Kier alpha value is -1.05. The number of allylic oxidation sites excluding steroid dienone is 1. The van der Waals surface area contributed by atoms with E-state index in [2.05, 4.69) is 29.0 Å². The summed E-state index contributed by atoms with van der Waals surface area (Å²) in [5.41, 5.74) is 1.08. The van der Waals surface area contributed by atoms with Crippen molar-refractivity contribution in [3.8, 4) is 0 Å². The van der Waals surface area contributed by atoms with Gasteiger partial charge in [-0.25, -0.2) is 4.98 Å². The Balaban J connectivity index is 2.40. The van der Waals surface area contributed by atoms with Gasteiger partial charge in [-0.05, 0) is 12.5 Å². The van der Waals surface area contributed by atoms with Crippen molar-refractivity contribution >= 4 is 6.08 Å². The van der Waals surface area contributed by atoms with Crippen molar-refractivity contribution in [2.45, 2.75) is 19.8 Å². The van der Waals surface area contributed by atoms with E-state index < -0.39 is 0 Å². The summed E-state index contributed by atoms with van der Waals surface area (Å²) < 4.78 is 0. The molecule has 0 aliphatic carbocycles. The Kier molecular flexibility index (Phi) is 2.74. The average Bonchev–Trinajstić information content (AvgIpc) is 2.41. The maximum atomic E-state index is 3.89. The second kappa shape index (κ2) is 3.88. The Bertz CT molecular complexity index is 187. The first kappa shape index (κ1) is 7.06. The minimum absolute atomic E-state index is 1.08. The molecular weight excluding hydrogens is 124 g/mol. The van der Waals surface area contributed by atoms with Crippen molar-refractivity contribution in [3.63, 3.8) is 0 Å². The van der Waals surface area contributed by atoms with Gasteiger partial charge in [0, 0.05) is 0 Å². The van der Waals surface area contributed by atoms with Crippen LogP contribution < -0.4 is 0 Å². The van der Waals surface area contributed by atoms with E-state index >= 15 is 0 Å². The second-order valence-electron chi connectivity index (χ2n) is 2.20. The molecule has 0 amide bonds. The number of H-pyrrole nitrogens is 1. The van der Waals surface area contributed by atoms with Gasteiger partial charge in [-0.2, -0.15) is 0 Å². The van der Waals surface area contributed by atoms with Crippen molar-refractivity contribution in [1.82, 2.24) is 9.97 Å². The summed E-state index contributed by atoms with van der Waals surface area (Å²) in [5, 5.41) is 0. The normalized spacial score (nSPS) is 10.9. The molecule has 2 heteroatoms. The van der Waals surface area contributed by atoms with E-state index in [9.17, 15) is 0 Å². The van der Waals surface area contributed by atoms with Crippen LogP contribution in [-0.4, -0.2) is 9.97 Å². The summed E-state index contributed by atoms with van der Waals surface area (Å²) in [6, 6.07) is 0. The number of rotatable bonds is 3. The maximum Gasteiger partial charge on any atom is 0.0924 e. The van der Waals surface area contributed by atoms with Crippen LogP contribution >= 0.6 is 0 Å². The van der Waals surface area contributed by atoms with Crippen LogP contribution in [0.4, 0.5) is 0 Å². The molecule has 0 aliphatic heterocycles. The van der Waals surface area contributed by atoms with Crippen LogP contribution in [0.25, 0.3) is 6.08 Å². The van der Waals surface area contributed by atoms with Crippen molar-refractivity contribution in [3.05, 3.63) is 24.3 Å². The molecule has 54 valence electrons. The minimum Gasteiger partial charge on any atom is -0.345 e. The zero-order valence-electron chi connectivity index (χ0n) is 6.17. The van der Waals surface area contributed by atoms with Gasteiger partial charge in [-0.15, -0.1) is 0 Å². The Morgan fingerprint density at radius 2 is 2.60 bits per heavy atom. The number of imidazole rings is 1. The Morgan fingerprint density at radius 1 is 1.70 bits per heavy atom. The number of unbranched alkanes of at least 4 members (excludes halogenated alkanes) is 1. The van der Waals surface area contributed by atoms with E-state index in [1.165, 1.54) is 6.42 Å². The quantitative estimate of drug-likeness (QED) is 0.678. The van der Waals surface area contributed by atoms with E-state index in [1.54, 1.807) is 6.33 Å². The molecule has 0 radical (unpaired) electrons. The van der Waals surface area contributed by atoms with Gasteiger partial charge in [0.15, 0.2) is 0 Å². The van der Waals surface area contributed by atoms with Crippen LogP contribution in [0.15, 0.2) is 18.6 Å². The molecule has 1 N–H and O–H groups in total. The van der Waals surface area contributed by atoms with Crippen molar-refractivity contribution in [1.29, 1.82) is 0 Å². The highest BCUT2D eigenvalue weighted by Crippen LogP contribution is 1.97. The van der Waals surface area contributed by atoms with Crippen LogP contribution in [0.1, 0.15) is 25.5 Å². The van der Waals surface area contributed by atoms with Crippen molar-refractivity contribution < 1.29 is 0 Å². The summed E-state index contributed by atoms with van der Waals surface area (Å²) in [4.78, 5) is 6.89. The molecule has 0 aliphatic rings. The highest BCUT2D eigenvalue weighted by Gasteiger charge is 1.82. The maximum absolute atomic E-state index is 3.89. The lowest BCUT2D eigenvalue weighted by Crippen LogP contribution is -1.67. The van der Waals surface area contributed by atoms with Gasteiger partial charge in [0.25, 0.3) is 0 Å². The Labute approximate surface area is 61.0 Å². The zero-order chi connectivity index (χ0) is 7.23. The number of nitrogens with zero attached hydrogens (tertiary/aromatic N) is 1. The highest BCUT2D eigenvalue weighted by atomic mass is 14.8. The van der Waals surface area contributed by atoms with Gasteiger partial charge in [-0.1, -0.05) is 19.4 Å². The molecule has 0 atom stereocenters. The van der Waals surface area contributed by atoms with Gasteiger partial charge in [-0.3, -0.25) is 0 Å². The van der Waals surface area contributed by atoms with E-state index in [4.69, 9.17) is 0 Å². The molecule has 10 heavy (non-hydrogen) atoms. The molecule has 0 bridgehead atoms. The van der Waals surface area contributed by atoms with Gasteiger partial charge >= 0.3 is 0 Å². The van der Waals surface area contributed by atoms with E-state index in [0.717, 1.165) is 12.1 Å². The highest BCUT2D eigenvalue weighted by molar-refractivity contribution is 5.42. The van der Waals surface area contributed by atoms with Crippen LogP contribution in [0.3, 0.4) is 0 Å². The van der Waals surface area contributed by atoms with Gasteiger partial charge in [0.2, 0.25) is 0 Å². The average molecular weight is 136 g/mol. The summed E-state index contributed by atoms with van der Waals surface area (Å²) >= 11 is 0. The van der Waals surface area contributed by atoms with Crippen molar-refractivity contribution in [2.75, 3.05) is 0 Å². The van der Waals surface area contributed by atoms with Gasteiger partial charge in [0.1, 0.15) is 0 Å². The third kappa shape index (κ3) is 2.05. The zero-order valence-corrected chi connectivity index (χ0v) is 6.17. The predicted molar refractivity (Wildman–Crippen MR) is 42.5 cm³/mol. The number of aromatic nitrogens is 2. The van der Waals surface area contributed by atoms with Crippen molar-refractivity contribution in [2.24, 2.45) is 0 Å². The first-order valence-electron chi connectivity index (χ1n) is 3.58. The van der Waals surface area contributed by atoms with Gasteiger partial charge < -0.3 is 4.98 Å². The third-order valence-electron chi connectivity index (χ3n) is 1.27. The molecule has 0 saturated carbocycles. The lowest BCUT2D eigenvalue weighted by Gasteiger charge is -1.83. The molecular formula is C8H12N2. The molecule has 0 saturated heterocycles. The lowest BCUT2D eigenvalue weighted by molar-refractivity contribution is 0.962. The fraction of sp³-hybridized carbons (Fsp3) is 0.375.